The average molecular weight is 324 g/mol. The predicted octanol–water partition coefficient (Wildman–Crippen LogP) is 3.53. The number of carbonyl (C=O) groups is 1. The first-order chi connectivity index (χ1) is 11.6. The Morgan fingerprint density at radius 1 is 1.33 bits per heavy atom. The van der Waals surface area contributed by atoms with Gasteiger partial charge >= 0.3 is 0 Å². The van der Waals surface area contributed by atoms with E-state index in [1.165, 1.54) is 5.56 Å². The lowest BCUT2D eigenvalue weighted by atomic mass is 10.1. The van der Waals surface area contributed by atoms with E-state index in [9.17, 15) is 4.79 Å². The molecule has 1 unspecified atom stereocenters. The van der Waals surface area contributed by atoms with Crippen molar-refractivity contribution in [2.45, 2.75) is 39.7 Å². The SMILES string of the molecule is CC(C)CCNc1nccc(C(=O)N2c3ccccc3CC2C)n1. The van der Waals surface area contributed by atoms with Gasteiger partial charge in [0.05, 0.1) is 0 Å². The Morgan fingerprint density at radius 2 is 2.12 bits per heavy atom. The zero-order chi connectivity index (χ0) is 17.1. The van der Waals surface area contributed by atoms with Crippen molar-refractivity contribution in [2.75, 3.05) is 16.8 Å². The maximum atomic E-state index is 13.0. The molecule has 24 heavy (non-hydrogen) atoms. The minimum atomic E-state index is -0.0678. The molecule has 0 bridgehead atoms. The van der Waals surface area contributed by atoms with Gasteiger partial charge in [-0.15, -0.1) is 0 Å². The summed E-state index contributed by atoms with van der Waals surface area (Å²) < 4.78 is 0. The van der Waals surface area contributed by atoms with Crippen molar-refractivity contribution >= 4 is 17.5 Å². The molecule has 2 aromatic rings. The quantitative estimate of drug-likeness (QED) is 0.914. The first kappa shape index (κ1) is 16.4. The van der Waals surface area contributed by atoms with Crippen molar-refractivity contribution in [3.05, 3.63) is 47.8 Å². The van der Waals surface area contributed by atoms with Gasteiger partial charge in [-0.2, -0.15) is 0 Å². The number of carbonyl (C=O) groups excluding carboxylic acids is 1. The van der Waals surface area contributed by atoms with Crippen LogP contribution in [0.4, 0.5) is 11.6 Å². The number of aromatic nitrogens is 2. The molecule has 0 aliphatic carbocycles. The number of benzene rings is 1. The lowest BCUT2D eigenvalue weighted by molar-refractivity contribution is 0.0976. The molecular weight excluding hydrogens is 300 g/mol. The lowest BCUT2D eigenvalue weighted by Gasteiger charge is -2.22. The fraction of sp³-hybridized carbons (Fsp3) is 0.421. The Morgan fingerprint density at radius 3 is 2.92 bits per heavy atom. The number of hydrogen-bond donors (Lipinski definition) is 1. The zero-order valence-corrected chi connectivity index (χ0v) is 14.5. The van der Waals surface area contributed by atoms with Crippen molar-refractivity contribution < 1.29 is 4.79 Å². The summed E-state index contributed by atoms with van der Waals surface area (Å²) in [6, 6.07) is 9.89. The molecule has 5 nitrogen and oxygen atoms in total. The van der Waals surface area contributed by atoms with Crippen molar-refractivity contribution in [3.63, 3.8) is 0 Å². The summed E-state index contributed by atoms with van der Waals surface area (Å²) in [7, 11) is 0. The molecule has 1 atom stereocenters. The number of rotatable bonds is 5. The molecule has 3 rings (SSSR count). The molecule has 1 aromatic carbocycles. The van der Waals surface area contributed by atoms with E-state index in [1.807, 2.05) is 23.1 Å². The Balaban J connectivity index is 1.78. The molecule has 0 radical (unpaired) electrons. The van der Waals surface area contributed by atoms with Gasteiger partial charge in [0.1, 0.15) is 5.69 Å². The molecule has 1 aromatic heterocycles. The third-order valence-corrected chi connectivity index (χ3v) is 4.31. The van der Waals surface area contributed by atoms with E-state index in [0.717, 1.165) is 25.1 Å². The normalized spacial score (nSPS) is 16.3. The predicted molar refractivity (Wildman–Crippen MR) is 96.4 cm³/mol. The van der Waals surface area contributed by atoms with Crippen molar-refractivity contribution in [2.24, 2.45) is 5.92 Å². The minimum Gasteiger partial charge on any atom is -0.354 e. The van der Waals surface area contributed by atoms with Crippen LogP contribution in [-0.2, 0) is 6.42 Å². The highest BCUT2D eigenvalue weighted by molar-refractivity contribution is 6.06. The van der Waals surface area contributed by atoms with Gasteiger partial charge in [-0.3, -0.25) is 4.79 Å². The van der Waals surface area contributed by atoms with Crippen LogP contribution in [0, 0.1) is 5.92 Å². The summed E-state index contributed by atoms with van der Waals surface area (Å²) in [5.74, 6) is 1.06. The lowest BCUT2D eigenvalue weighted by Crippen LogP contribution is -2.36. The van der Waals surface area contributed by atoms with Gasteiger partial charge in [0.15, 0.2) is 0 Å². The Kier molecular flexibility index (Phi) is 4.79. The summed E-state index contributed by atoms with van der Waals surface area (Å²) in [6.45, 7) is 7.22. The fourth-order valence-electron chi connectivity index (χ4n) is 3.03. The van der Waals surface area contributed by atoms with E-state index < -0.39 is 0 Å². The first-order valence-corrected chi connectivity index (χ1v) is 8.54. The van der Waals surface area contributed by atoms with Crippen LogP contribution in [0.1, 0.15) is 43.2 Å². The molecule has 1 aliphatic heterocycles. The van der Waals surface area contributed by atoms with Crippen LogP contribution in [0.5, 0.6) is 0 Å². The molecule has 0 saturated heterocycles. The second kappa shape index (κ2) is 6.99. The number of nitrogens with zero attached hydrogens (tertiary/aromatic N) is 3. The number of hydrogen-bond acceptors (Lipinski definition) is 4. The van der Waals surface area contributed by atoms with E-state index in [2.05, 4.69) is 42.1 Å². The summed E-state index contributed by atoms with van der Waals surface area (Å²) in [5, 5.41) is 3.20. The topological polar surface area (TPSA) is 58.1 Å². The van der Waals surface area contributed by atoms with Gasteiger partial charge in [-0.1, -0.05) is 32.0 Å². The van der Waals surface area contributed by atoms with Crippen LogP contribution < -0.4 is 10.2 Å². The van der Waals surface area contributed by atoms with Gasteiger partial charge in [0.2, 0.25) is 5.95 Å². The molecular formula is C19H24N4O. The van der Waals surface area contributed by atoms with E-state index in [-0.39, 0.29) is 11.9 Å². The van der Waals surface area contributed by atoms with Gasteiger partial charge in [-0.25, -0.2) is 9.97 Å². The highest BCUT2D eigenvalue weighted by Gasteiger charge is 2.31. The Labute approximate surface area is 143 Å². The van der Waals surface area contributed by atoms with E-state index in [4.69, 9.17) is 0 Å². The number of para-hydroxylation sites is 1. The molecule has 0 spiro atoms. The molecule has 2 heterocycles. The highest BCUT2D eigenvalue weighted by atomic mass is 16.2. The minimum absolute atomic E-state index is 0.0678. The highest BCUT2D eigenvalue weighted by Crippen LogP contribution is 2.32. The summed E-state index contributed by atoms with van der Waals surface area (Å²) in [4.78, 5) is 23.4. The first-order valence-electron chi connectivity index (χ1n) is 8.54. The maximum Gasteiger partial charge on any atom is 0.277 e. The second-order valence-corrected chi connectivity index (χ2v) is 6.73. The van der Waals surface area contributed by atoms with Gasteiger partial charge in [0, 0.05) is 24.5 Å². The number of amides is 1. The third kappa shape index (κ3) is 3.40. The van der Waals surface area contributed by atoms with Crippen molar-refractivity contribution in [3.8, 4) is 0 Å². The second-order valence-electron chi connectivity index (χ2n) is 6.73. The van der Waals surface area contributed by atoms with Gasteiger partial charge in [0.25, 0.3) is 5.91 Å². The third-order valence-electron chi connectivity index (χ3n) is 4.31. The summed E-state index contributed by atoms with van der Waals surface area (Å²) in [5.41, 5.74) is 2.63. The Hall–Kier alpha value is -2.43. The molecule has 1 N–H and O–H groups in total. The molecule has 1 amide bonds. The monoisotopic (exact) mass is 324 g/mol. The van der Waals surface area contributed by atoms with Crippen LogP contribution in [0.2, 0.25) is 0 Å². The van der Waals surface area contributed by atoms with Crippen molar-refractivity contribution in [1.29, 1.82) is 0 Å². The van der Waals surface area contributed by atoms with Gasteiger partial charge < -0.3 is 10.2 Å². The smallest absolute Gasteiger partial charge is 0.277 e. The van der Waals surface area contributed by atoms with Gasteiger partial charge in [-0.05, 0) is 43.4 Å². The molecule has 5 heteroatoms. The van der Waals surface area contributed by atoms with Crippen LogP contribution >= 0.6 is 0 Å². The van der Waals surface area contributed by atoms with E-state index in [1.54, 1.807) is 12.3 Å². The standard InChI is InChI=1S/C19H24N4O/c1-13(2)8-10-20-19-21-11-9-16(22-19)18(24)23-14(3)12-15-6-4-5-7-17(15)23/h4-7,9,11,13-14H,8,10,12H2,1-3H3,(H,20,21,22). The fourth-order valence-corrected chi connectivity index (χ4v) is 3.03. The summed E-state index contributed by atoms with van der Waals surface area (Å²) in [6.07, 6.45) is 3.56. The number of nitrogens with one attached hydrogen (secondary N) is 1. The molecule has 0 fully saturated rings. The van der Waals surface area contributed by atoms with Crippen LogP contribution in [0.15, 0.2) is 36.5 Å². The van der Waals surface area contributed by atoms with E-state index >= 15 is 0 Å². The summed E-state index contributed by atoms with van der Waals surface area (Å²) >= 11 is 0. The largest absolute Gasteiger partial charge is 0.354 e. The average Bonchev–Trinajstić information content (AvgIpc) is 2.90. The zero-order valence-electron chi connectivity index (χ0n) is 14.5. The van der Waals surface area contributed by atoms with Crippen LogP contribution in [0.25, 0.3) is 0 Å². The molecule has 0 saturated carbocycles. The van der Waals surface area contributed by atoms with Crippen LogP contribution in [0.3, 0.4) is 0 Å². The number of fused-ring (bicyclic) bond motifs is 1. The van der Waals surface area contributed by atoms with Crippen molar-refractivity contribution in [1.82, 2.24) is 9.97 Å². The molecule has 126 valence electrons. The molecule has 1 aliphatic rings. The maximum absolute atomic E-state index is 13.0. The Bertz CT molecular complexity index is 729. The van der Waals surface area contributed by atoms with Crippen LogP contribution in [-0.4, -0.2) is 28.5 Å². The van der Waals surface area contributed by atoms with E-state index in [0.29, 0.717) is 17.6 Å². The number of anilines is 2.